The van der Waals surface area contributed by atoms with Crippen LogP contribution in [0.15, 0.2) is 11.8 Å². The molecule has 5 N–H and O–H groups in total. The number of carbonyl (C=O) groups is 2. The van der Waals surface area contributed by atoms with Gasteiger partial charge in [-0.25, -0.2) is 4.79 Å². The van der Waals surface area contributed by atoms with Crippen molar-refractivity contribution in [3.63, 3.8) is 0 Å². The molecule has 6 nitrogen and oxygen atoms in total. The minimum absolute atomic E-state index is 0.361. The average Bonchev–Trinajstić information content (AvgIpc) is 2.14. The molecule has 6 heteroatoms. The number of carbonyl (C=O) groups excluding carboxylic acids is 1. The van der Waals surface area contributed by atoms with E-state index in [-0.39, 0.29) is 5.97 Å². The molecule has 0 aromatic rings. The normalized spacial score (nSPS) is 13.2. The number of esters is 1. The summed E-state index contributed by atoms with van der Waals surface area (Å²) in [6.45, 7) is 8.48. The maximum atomic E-state index is 11.0. The Kier molecular flexibility index (Phi) is 8.04. The third-order valence-electron chi connectivity index (χ3n) is 1.36. The Labute approximate surface area is 102 Å². The molecule has 0 aromatic carbocycles. The lowest BCUT2D eigenvalue weighted by Gasteiger charge is -2.19. The number of carboxylic acids is 1. The number of aliphatic carboxylic acids is 1. The summed E-state index contributed by atoms with van der Waals surface area (Å²) in [5.74, 6) is -1.32. The van der Waals surface area contributed by atoms with E-state index in [1.54, 1.807) is 6.92 Å². The maximum Gasteiger partial charge on any atom is 0.335 e. The number of nitrogens with two attached hydrogens (primary N) is 2. The molecular weight excluding hydrogens is 224 g/mol. The van der Waals surface area contributed by atoms with E-state index in [2.05, 4.69) is 0 Å². The lowest BCUT2D eigenvalue weighted by Crippen LogP contribution is -2.25. The molecule has 0 heterocycles. The molecule has 1 atom stereocenters. The molecule has 17 heavy (non-hydrogen) atoms. The summed E-state index contributed by atoms with van der Waals surface area (Å²) < 4.78 is 5.00. The summed E-state index contributed by atoms with van der Waals surface area (Å²) in [4.78, 5) is 20.6. The van der Waals surface area contributed by atoms with Crippen molar-refractivity contribution < 1.29 is 19.4 Å². The Balaban J connectivity index is 0. The van der Waals surface area contributed by atoms with Crippen LogP contribution in [-0.4, -0.2) is 28.7 Å². The van der Waals surface area contributed by atoms with E-state index >= 15 is 0 Å². The third-order valence-corrected chi connectivity index (χ3v) is 1.36. The number of hydrogen-bond acceptors (Lipinski definition) is 5. The number of rotatable bonds is 2. The molecule has 0 unspecified atom stereocenters. The van der Waals surface area contributed by atoms with Crippen LogP contribution in [0.3, 0.4) is 0 Å². The highest BCUT2D eigenvalue weighted by atomic mass is 16.6. The van der Waals surface area contributed by atoms with Crippen LogP contribution in [-0.2, 0) is 14.3 Å². The Hall–Kier alpha value is -1.56. The van der Waals surface area contributed by atoms with E-state index in [0.717, 1.165) is 0 Å². The van der Waals surface area contributed by atoms with Gasteiger partial charge < -0.3 is 21.3 Å². The summed E-state index contributed by atoms with van der Waals surface area (Å²) in [5.41, 5.74) is 9.95. The first-order valence-corrected chi connectivity index (χ1v) is 5.11. The summed E-state index contributed by atoms with van der Waals surface area (Å²) in [6, 6.07) is -0.731. The smallest absolute Gasteiger partial charge is 0.335 e. The fourth-order valence-electron chi connectivity index (χ4n) is 0.427. The van der Waals surface area contributed by atoms with Crippen molar-refractivity contribution in [3.05, 3.63) is 11.8 Å². The van der Waals surface area contributed by atoms with Gasteiger partial charge >= 0.3 is 11.9 Å². The lowest BCUT2D eigenvalue weighted by atomic mass is 10.2. The topological polar surface area (TPSA) is 116 Å². The summed E-state index contributed by atoms with van der Waals surface area (Å²) in [7, 11) is 0. The monoisotopic (exact) mass is 246 g/mol. The average molecular weight is 246 g/mol. The molecule has 0 radical (unpaired) electrons. The van der Waals surface area contributed by atoms with Gasteiger partial charge in [-0.05, 0) is 34.6 Å². The highest BCUT2D eigenvalue weighted by molar-refractivity contribution is 5.87. The lowest BCUT2D eigenvalue weighted by molar-refractivity contribution is -0.149. The third kappa shape index (κ3) is 12.4. The second kappa shape index (κ2) is 7.67. The number of hydrogen-bond donors (Lipinski definition) is 3. The molecule has 0 aliphatic rings. The minimum atomic E-state index is -0.963. The van der Waals surface area contributed by atoms with E-state index in [9.17, 15) is 9.59 Å². The van der Waals surface area contributed by atoms with Gasteiger partial charge in [0.2, 0.25) is 0 Å². The van der Waals surface area contributed by atoms with E-state index in [0.29, 0.717) is 5.57 Å². The van der Waals surface area contributed by atoms with Crippen molar-refractivity contribution in [2.45, 2.75) is 46.3 Å². The number of ether oxygens (including phenoxy) is 1. The Morgan fingerprint density at radius 1 is 1.35 bits per heavy atom. The molecule has 0 spiro atoms. The van der Waals surface area contributed by atoms with Gasteiger partial charge in [0.05, 0.1) is 0 Å². The molecule has 0 rings (SSSR count). The van der Waals surface area contributed by atoms with Crippen LogP contribution in [0.25, 0.3) is 0 Å². The highest BCUT2D eigenvalue weighted by Gasteiger charge is 2.16. The second-order valence-corrected chi connectivity index (χ2v) is 4.48. The van der Waals surface area contributed by atoms with E-state index in [1.807, 2.05) is 20.8 Å². The first-order valence-electron chi connectivity index (χ1n) is 5.11. The van der Waals surface area contributed by atoms with Crippen LogP contribution in [0.4, 0.5) is 0 Å². The van der Waals surface area contributed by atoms with Crippen LogP contribution in [0.5, 0.6) is 0 Å². The van der Waals surface area contributed by atoms with E-state index in [4.69, 9.17) is 21.3 Å². The van der Waals surface area contributed by atoms with Crippen molar-refractivity contribution in [2.75, 3.05) is 0 Å². The van der Waals surface area contributed by atoms with Gasteiger partial charge in [0.15, 0.2) is 0 Å². The van der Waals surface area contributed by atoms with Crippen LogP contribution >= 0.6 is 0 Å². The van der Waals surface area contributed by atoms with Gasteiger partial charge in [-0.1, -0.05) is 0 Å². The predicted octanol–water partition coefficient (Wildman–Crippen LogP) is 0.609. The van der Waals surface area contributed by atoms with Gasteiger partial charge in [0, 0.05) is 11.8 Å². The van der Waals surface area contributed by atoms with Crippen molar-refractivity contribution in [1.82, 2.24) is 0 Å². The maximum absolute atomic E-state index is 11.0. The molecule has 0 fully saturated rings. The van der Waals surface area contributed by atoms with Gasteiger partial charge in [-0.2, -0.15) is 0 Å². The van der Waals surface area contributed by atoms with Gasteiger partial charge in [-0.15, -0.1) is 0 Å². The standard InChI is InChI=1S/C8H15NO2.C3H7NO2/c1-6(5-9)7(10)11-8(2,3)4;1-2(4)3(5)6/h5H,9H2,1-4H3;2H,4H2,1H3,(H,5,6)/t;2-/m.0/s1. The van der Waals surface area contributed by atoms with Crippen molar-refractivity contribution in [2.24, 2.45) is 11.5 Å². The van der Waals surface area contributed by atoms with Crippen LogP contribution in [0, 0.1) is 0 Å². The summed E-state index contributed by atoms with van der Waals surface area (Å²) in [5, 5.41) is 7.87. The molecule has 0 aromatic heterocycles. The van der Waals surface area contributed by atoms with Gasteiger partial charge in [-0.3, -0.25) is 4.79 Å². The molecule has 0 saturated carbocycles. The molecule has 0 amide bonds. The predicted molar refractivity (Wildman–Crippen MR) is 65.1 cm³/mol. The fourth-order valence-corrected chi connectivity index (χ4v) is 0.427. The highest BCUT2D eigenvalue weighted by Crippen LogP contribution is 2.09. The van der Waals surface area contributed by atoms with Gasteiger partial charge in [0.1, 0.15) is 11.6 Å². The van der Waals surface area contributed by atoms with Crippen LogP contribution in [0.2, 0.25) is 0 Å². The van der Waals surface area contributed by atoms with Crippen LogP contribution in [0.1, 0.15) is 34.6 Å². The van der Waals surface area contributed by atoms with Crippen molar-refractivity contribution in [3.8, 4) is 0 Å². The zero-order valence-electron chi connectivity index (χ0n) is 11.0. The molecule has 100 valence electrons. The summed E-state index contributed by atoms with van der Waals surface area (Å²) in [6.07, 6.45) is 1.24. The fraction of sp³-hybridized carbons (Fsp3) is 0.636. The van der Waals surface area contributed by atoms with Crippen molar-refractivity contribution in [1.29, 1.82) is 0 Å². The molecule has 0 saturated heterocycles. The Bertz CT molecular complexity index is 290. The molecular formula is C11H22N2O4. The molecule has 0 aliphatic carbocycles. The second-order valence-electron chi connectivity index (χ2n) is 4.48. The number of carboxylic acid groups (broad SMARTS) is 1. The summed E-state index contributed by atoms with van der Waals surface area (Å²) >= 11 is 0. The first kappa shape index (κ1) is 17.8. The molecule has 0 aliphatic heterocycles. The molecule has 0 bridgehead atoms. The Morgan fingerprint density at radius 3 is 1.88 bits per heavy atom. The minimum Gasteiger partial charge on any atom is -0.480 e. The van der Waals surface area contributed by atoms with E-state index < -0.39 is 17.6 Å². The largest absolute Gasteiger partial charge is 0.480 e. The van der Waals surface area contributed by atoms with Crippen LogP contribution < -0.4 is 11.5 Å². The zero-order valence-corrected chi connectivity index (χ0v) is 11.0. The van der Waals surface area contributed by atoms with Crippen molar-refractivity contribution >= 4 is 11.9 Å². The SMILES string of the molecule is CC(=CN)C(=O)OC(C)(C)C.C[C@H](N)C(=O)O. The zero-order chi connectivity index (χ0) is 14.2. The quantitative estimate of drug-likeness (QED) is 0.485. The first-order chi connectivity index (χ1) is 7.51. The van der Waals surface area contributed by atoms with Gasteiger partial charge in [0.25, 0.3) is 0 Å². The Morgan fingerprint density at radius 2 is 1.71 bits per heavy atom. The van der Waals surface area contributed by atoms with E-state index in [1.165, 1.54) is 13.1 Å².